The molecule has 2 fully saturated rings. The van der Waals surface area contributed by atoms with Crippen molar-refractivity contribution in [2.24, 2.45) is 28.9 Å². The monoisotopic (exact) mass is 404 g/mol. The molecular formula is C16H29IN2Si. The van der Waals surface area contributed by atoms with Gasteiger partial charge in [0.25, 0.3) is 0 Å². The fourth-order valence-electron chi connectivity index (χ4n) is 5.32. The quantitative estimate of drug-likeness (QED) is 0.339. The molecule has 2 nitrogen and oxygen atoms in total. The lowest BCUT2D eigenvalue weighted by Gasteiger charge is -2.53. The maximum absolute atomic E-state index is 6.49. The fraction of sp³-hybridized carbons (Fsp3) is 0.875. The number of hydrogen-bond acceptors (Lipinski definition) is 2. The van der Waals surface area contributed by atoms with Crippen LogP contribution in [-0.4, -0.2) is 31.3 Å². The van der Waals surface area contributed by atoms with Crippen LogP contribution in [-0.2, 0) is 0 Å². The van der Waals surface area contributed by atoms with Gasteiger partial charge in [-0.3, -0.25) is 0 Å². The van der Waals surface area contributed by atoms with Gasteiger partial charge in [-0.2, -0.15) is 0 Å². The second-order valence-electron chi connectivity index (χ2n) is 7.75. The molecule has 1 saturated carbocycles. The SMILES string of the molecule is C[SiH2]C1CN(I)C(C2C(N)C3=C(C)[C@]32C)CC1C(C)C. The predicted molar refractivity (Wildman–Crippen MR) is 97.9 cm³/mol. The van der Waals surface area contributed by atoms with Gasteiger partial charge in [0.1, 0.15) is 0 Å². The summed E-state index contributed by atoms with van der Waals surface area (Å²) in [7, 11) is 0.0816. The molecule has 114 valence electrons. The zero-order valence-corrected chi connectivity index (χ0v) is 17.1. The second kappa shape index (κ2) is 5.07. The molecule has 3 rings (SSSR count). The molecule has 6 atom stereocenters. The lowest BCUT2D eigenvalue weighted by Crippen LogP contribution is -2.59. The van der Waals surface area contributed by atoms with Gasteiger partial charge in [0, 0.05) is 62.3 Å². The first-order valence-corrected chi connectivity index (χ1v) is 11.4. The van der Waals surface area contributed by atoms with E-state index in [0.29, 0.717) is 23.4 Å². The van der Waals surface area contributed by atoms with Crippen LogP contribution >= 0.6 is 22.9 Å². The largest absolute Gasteiger partial charge is 0.324 e. The molecule has 5 unspecified atom stereocenters. The Kier molecular flexibility index (Phi) is 3.93. The van der Waals surface area contributed by atoms with E-state index >= 15 is 0 Å². The first-order valence-electron chi connectivity index (χ1n) is 8.23. The van der Waals surface area contributed by atoms with Crippen molar-refractivity contribution in [2.75, 3.05) is 6.54 Å². The topological polar surface area (TPSA) is 29.3 Å². The van der Waals surface area contributed by atoms with Crippen LogP contribution in [0.3, 0.4) is 0 Å². The lowest BCUT2D eigenvalue weighted by atomic mass is 9.61. The predicted octanol–water partition coefficient (Wildman–Crippen LogP) is 2.98. The highest BCUT2D eigenvalue weighted by molar-refractivity contribution is 14.1. The number of piperidine rings is 1. The van der Waals surface area contributed by atoms with E-state index < -0.39 is 0 Å². The number of nitrogens with two attached hydrogens (primary N) is 1. The molecule has 0 radical (unpaired) electrons. The average Bonchev–Trinajstić information content (AvgIpc) is 2.87. The molecule has 4 heteroatoms. The third kappa shape index (κ3) is 1.93. The summed E-state index contributed by atoms with van der Waals surface area (Å²) in [6.07, 6.45) is 1.38. The van der Waals surface area contributed by atoms with E-state index in [2.05, 4.69) is 60.2 Å². The van der Waals surface area contributed by atoms with Gasteiger partial charge in [0.2, 0.25) is 0 Å². The van der Waals surface area contributed by atoms with Crippen LogP contribution in [0.1, 0.15) is 34.1 Å². The number of rotatable bonds is 3. The van der Waals surface area contributed by atoms with E-state index in [9.17, 15) is 0 Å². The van der Waals surface area contributed by atoms with E-state index in [4.69, 9.17) is 5.73 Å². The Balaban J connectivity index is 1.78. The van der Waals surface area contributed by atoms with E-state index in [0.717, 1.165) is 17.4 Å². The van der Waals surface area contributed by atoms with Gasteiger partial charge in [0.15, 0.2) is 0 Å². The molecule has 0 bridgehead atoms. The van der Waals surface area contributed by atoms with Crippen molar-refractivity contribution in [2.45, 2.75) is 58.3 Å². The minimum atomic E-state index is 0.0816. The molecule has 2 aliphatic carbocycles. The molecule has 0 aromatic heterocycles. The number of nitrogens with zero attached hydrogens (tertiary/aromatic N) is 1. The minimum Gasteiger partial charge on any atom is -0.324 e. The Morgan fingerprint density at radius 1 is 1.45 bits per heavy atom. The first-order chi connectivity index (χ1) is 9.33. The maximum Gasteiger partial charge on any atom is 0.0320 e. The van der Waals surface area contributed by atoms with Crippen molar-refractivity contribution in [3.63, 3.8) is 0 Å². The van der Waals surface area contributed by atoms with Gasteiger partial charge in [-0.05, 0) is 36.3 Å². The third-order valence-corrected chi connectivity index (χ3v) is 9.77. The van der Waals surface area contributed by atoms with E-state index in [1.807, 2.05) is 0 Å². The van der Waals surface area contributed by atoms with Crippen molar-refractivity contribution in [3.05, 3.63) is 11.1 Å². The highest BCUT2D eigenvalue weighted by Gasteiger charge is 2.68. The summed E-state index contributed by atoms with van der Waals surface area (Å²) in [5, 5.41) is 0. The van der Waals surface area contributed by atoms with Gasteiger partial charge < -0.3 is 5.73 Å². The summed E-state index contributed by atoms with van der Waals surface area (Å²) in [5.41, 5.74) is 11.1. The van der Waals surface area contributed by atoms with E-state index in [1.54, 1.807) is 11.1 Å². The molecule has 0 spiro atoms. The van der Waals surface area contributed by atoms with Crippen LogP contribution in [0.15, 0.2) is 11.1 Å². The molecule has 1 heterocycles. The molecule has 0 aromatic carbocycles. The van der Waals surface area contributed by atoms with Crippen molar-refractivity contribution in [1.82, 2.24) is 3.11 Å². The molecule has 1 saturated heterocycles. The van der Waals surface area contributed by atoms with Crippen LogP contribution in [0.5, 0.6) is 0 Å². The zero-order chi connectivity index (χ0) is 14.8. The summed E-state index contributed by atoms with van der Waals surface area (Å²) in [6, 6.07) is 1.05. The average molecular weight is 404 g/mol. The van der Waals surface area contributed by atoms with Crippen LogP contribution < -0.4 is 5.73 Å². The minimum absolute atomic E-state index is 0.0816. The zero-order valence-electron chi connectivity index (χ0n) is 13.5. The van der Waals surface area contributed by atoms with E-state index in [1.165, 1.54) is 13.0 Å². The van der Waals surface area contributed by atoms with Crippen molar-refractivity contribution >= 4 is 32.4 Å². The number of fused-ring (bicyclic) bond motifs is 1. The maximum atomic E-state index is 6.49. The normalized spacial score (nSPS) is 48.9. The Morgan fingerprint density at radius 3 is 2.55 bits per heavy atom. The molecule has 3 aliphatic rings. The standard InChI is InChI=1S/C16H29IN2Si/c1-8(2)10-6-11(19(17)7-12(10)20-5)14-15(18)13-9(3)16(13,14)4/h8,10-12,14-15H,6-7,18,20H2,1-5H3/t10?,11?,12?,14?,15?,16-/m1/s1. The molecule has 20 heavy (non-hydrogen) atoms. The summed E-state index contributed by atoms with van der Waals surface area (Å²) in [5.74, 6) is 2.44. The lowest BCUT2D eigenvalue weighted by molar-refractivity contribution is 0.0726. The van der Waals surface area contributed by atoms with E-state index in [-0.39, 0.29) is 9.52 Å². The van der Waals surface area contributed by atoms with Gasteiger partial charge >= 0.3 is 0 Å². The van der Waals surface area contributed by atoms with Crippen molar-refractivity contribution in [1.29, 1.82) is 0 Å². The summed E-state index contributed by atoms with van der Waals surface area (Å²) < 4.78 is 2.63. The van der Waals surface area contributed by atoms with Gasteiger partial charge in [-0.1, -0.05) is 32.9 Å². The van der Waals surface area contributed by atoms with Crippen molar-refractivity contribution < 1.29 is 0 Å². The molecule has 1 aliphatic heterocycles. The number of allylic oxidation sites excluding steroid dienone is 1. The molecular weight excluding hydrogens is 375 g/mol. The Hall–Kier alpha value is 0.607. The van der Waals surface area contributed by atoms with Crippen molar-refractivity contribution in [3.8, 4) is 0 Å². The number of halogens is 1. The number of hydrogen-bond donors (Lipinski definition) is 1. The first kappa shape index (κ1) is 15.5. The van der Waals surface area contributed by atoms with Crippen LogP contribution in [0, 0.1) is 23.2 Å². The highest BCUT2D eigenvalue weighted by atomic mass is 127. The summed E-state index contributed by atoms with van der Waals surface area (Å²) in [6.45, 7) is 13.4. The van der Waals surface area contributed by atoms with Gasteiger partial charge in [-0.15, -0.1) is 0 Å². The smallest absolute Gasteiger partial charge is 0.0320 e. The van der Waals surface area contributed by atoms with Crippen LogP contribution in [0.4, 0.5) is 0 Å². The Morgan fingerprint density at radius 2 is 2.10 bits per heavy atom. The third-order valence-electron chi connectivity index (χ3n) is 6.75. The second-order valence-corrected chi connectivity index (χ2v) is 10.9. The molecule has 2 N–H and O–H groups in total. The van der Waals surface area contributed by atoms with Gasteiger partial charge in [0.05, 0.1) is 0 Å². The Labute approximate surface area is 140 Å². The summed E-state index contributed by atoms with van der Waals surface area (Å²) in [4.78, 5) is 0. The molecule has 0 amide bonds. The van der Waals surface area contributed by atoms with Gasteiger partial charge in [-0.25, -0.2) is 3.11 Å². The van der Waals surface area contributed by atoms with Crippen LogP contribution in [0.2, 0.25) is 12.1 Å². The Bertz CT molecular complexity index is 450. The van der Waals surface area contributed by atoms with Crippen LogP contribution in [0.25, 0.3) is 0 Å². The fourth-order valence-corrected chi connectivity index (χ4v) is 8.81. The summed E-state index contributed by atoms with van der Waals surface area (Å²) >= 11 is 2.60. The molecule has 0 aromatic rings. The highest BCUT2D eigenvalue weighted by Crippen LogP contribution is 2.71.